The summed E-state index contributed by atoms with van der Waals surface area (Å²) in [5.41, 5.74) is 0.431. The van der Waals surface area contributed by atoms with E-state index in [0.717, 1.165) is 0 Å². The second kappa shape index (κ2) is 12.3. The number of alkyl halides is 2. The molecule has 1 aromatic heterocycles. The van der Waals surface area contributed by atoms with Crippen molar-refractivity contribution in [3.63, 3.8) is 0 Å². The van der Waals surface area contributed by atoms with Crippen LogP contribution in [0, 0.1) is 0 Å². The minimum Gasteiger partial charge on any atom is -0.490 e. The van der Waals surface area contributed by atoms with E-state index in [1.807, 2.05) is 6.92 Å². The van der Waals surface area contributed by atoms with Crippen molar-refractivity contribution < 1.29 is 27.5 Å². The standard InChI is InChI=1S/C20H26F2N4O4/c1-3-23-20(26-13-17(27)24-12-15-8-6-10-29-15)25-11-14-7-5-9-16(28-4-2)18(14)30-19(21)22/h5-10,19H,3-4,11-13H2,1-2H3,(H,24,27)(H2,23,25,26). The predicted octanol–water partition coefficient (Wildman–Crippen LogP) is 2.65. The first kappa shape index (κ1) is 23.0. The van der Waals surface area contributed by atoms with E-state index in [1.54, 1.807) is 37.3 Å². The van der Waals surface area contributed by atoms with Gasteiger partial charge < -0.3 is 29.8 Å². The molecule has 10 heteroatoms. The van der Waals surface area contributed by atoms with Crippen LogP contribution in [0.1, 0.15) is 25.2 Å². The number of hydrogen-bond donors (Lipinski definition) is 3. The third-order valence-electron chi connectivity index (χ3n) is 3.78. The van der Waals surface area contributed by atoms with Crippen LogP contribution in [0.4, 0.5) is 8.78 Å². The number of nitrogens with zero attached hydrogens (tertiary/aromatic N) is 1. The van der Waals surface area contributed by atoms with Crippen LogP contribution in [0.5, 0.6) is 11.5 Å². The second-order valence-corrected chi connectivity index (χ2v) is 5.96. The topological polar surface area (TPSA) is 97.1 Å². The van der Waals surface area contributed by atoms with Crippen molar-refractivity contribution in [1.29, 1.82) is 0 Å². The highest BCUT2D eigenvalue weighted by Crippen LogP contribution is 2.33. The zero-order valence-corrected chi connectivity index (χ0v) is 16.9. The minimum atomic E-state index is -2.99. The average molecular weight is 424 g/mol. The lowest BCUT2D eigenvalue weighted by Gasteiger charge is -2.15. The number of hydrogen-bond acceptors (Lipinski definition) is 5. The third kappa shape index (κ3) is 7.61. The van der Waals surface area contributed by atoms with Crippen molar-refractivity contribution in [3.8, 4) is 11.5 Å². The molecule has 0 bridgehead atoms. The van der Waals surface area contributed by atoms with E-state index in [9.17, 15) is 13.6 Å². The van der Waals surface area contributed by atoms with Gasteiger partial charge in [0.15, 0.2) is 17.5 Å². The summed E-state index contributed by atoms with van der Waals surface area (Å²) in [6.07, 6.45) is 1.53. The maximum absolute atomic E-state index is 12.8. The van der Waals surface area contributed by atoms with Gasteiger partial charge in [-0.2, -0.15) is 8.78 Å². The zero-order valence-electron chi connectivity index (χ0n) is 16.9. The largest absolute Gasteiger partial charge is 0.490 e. The fourth-order valence-corrected chi connectivity index (χ4v) is 2.51. The molecule has 1 amide bonds. The number of nitrogens with one attached hydrogen (secondary N) is 3. The first-order valence-electron chi connectivity index (χ1n) is 9.54. The average Bonchev–Trinajstić information content (AvgIpc) is 3.24. The molecule has 0 aliphatic carbocycles. The van der Waals surface area contributed by atoms with Crippen molar-refractivity contribution in [1.82, 2.24) is 16.0 Å². The highest BCUT2D eigenvalue weighted by molar-refractivity contribution is 5.86. The monoisotopic (exact) mass is 424 g/mol. The van der Waals surface area contributed by atoms with Gasteiger partial charge >= 0.3 is 6.61 Å². The van der Waals surface area contributed by atoms with Crippen LogP contribution < -0.4 is 25.4 Å². The number of carbonyl (C=O) groups excluding carboxylic acids is 1. The van der Waals surface area contributed by atoms with Crippen LogP contribution in [0.25, 0.3) is 0 Å². The van der Waals surface area contributed by atoms with Crippen molar-refractivity contribution >= 4 is 11.9 Å². The van der Waals surface area contributed by atoms with E-state index < -0.39 is 6.61 Å². The molecule has 0 radical (unpaired) electrons. The number of rotatable bonds is 11. The first-order valence-corrected chi connectivity index (χ1v) is 9.54. The number of furan rings is 1. The Labute approximate surface area is 173 Å². The lowest BCUT2D eigenvalue weighted by molar-refractivity contribution is -0.120. The molecule has 1 aromatic carbocycles. The van der Waals surface area contributed by atoms with Crippen LogP contribution in [-0.2, 0) is 17.9 Å². The van der Waals surface area contributed by atoms with Crippen LogP contribution in [0.2, 0.25) is 0 Å². The van der Waals surface area contributed by atoms with Crippen molar-refractivity contribution in [2.45, 2.75) is 33.5 Å². The summed E-state index contributed by atoms with van der Waals surface area (Å²) in [5.74, 6) is 0.920. The van der Waals surface area contributed by atoms with Gasteiger partial charge in [0.2, 0.25) is 5.91 Å². The smallest absolute Gasteiger partial charge is 0.387 e. The molecule has 8 nitrogen and oxygen atoms in total. The van der Waals surface area contributed by atoms with E-state index in [4.69, 9.17) is 9.15 Å². The van der Waals surface area contributed by atoms with Gasteiger partial charge in [0.05, 0.1) is 32.5 Å². The molecule has 0 aliphatic heterocycles. The van der Waals surface area contributed by atoms with Crippen molar-refractivity contribution in [2.24, 2.45) is 4.99 Å². The molecule has 0 atom stereocenters. The summed E-state index contributed by atoms with van der Waals surface area (Å²) in [7, 11) is 0. The van der Waals surface area contributed by atoms with Crippen LogP contribution in [0.15, 0.2) is 46.0 Å². The number of benzene rings is 1. The van der Waals surface area contributed by atoms with E-state index in [0.29, 0.717) is 30.4 Å². The van der Waals surface area contributed by atoms with Crippen LogP contribution in [0.3, 0.4) is 0 Å². The molecule has 0 aliphatic rings. The maximum Gasteiger partial charge on any atom is 0.387 e. The summed E-state index contributed by atoms with van der Waals surface area (Å²) in [4.78, 5) is 16.3. The van der Waals surface area contributed by atoms with Gasteiger partial charge in [-0.15, -0.1) is 0 Å². The number of para-hydroxylation sites is 1. The Hall–Kier alpha value is -3.30. The molecule has 2 rings (SSSR count). The quantitative estimate of drug-likeness (QED) is 0.379. The zero-order chi connectivity index (χ0) is 21.8. The third-order valence-corrected chi connectivity index (χ3v) is 3.78. The Bertz CT molecular complexity index is 813. The van der Waals surface area contributed by atoms with E-state index >= 15 is 0 Å². The van der Waals surface area contributed by atoms with Crippen molar-refractivity contribution in [2.75, 3.05) is 19.7 Å². The van der Waals surface area contributed by atoms with Gasteiger partial charge in [-0.1, -0.05) is 12.1 Å². The van der Waals surface area contributed by atoms with Crippen LogP contribution >= 0.6 is 0 Å². The Kier molecular flexibility index (Phi) is 9.43. The molecule has 0 unspecified atom stereocenters. The fraction of sp³-hybridized carbons (Fsp3) is 0.400. The Morgan fingerprint density at radius 1 is 1.17 bits per heavy atom. The number of guanidine groups is 1. The maximum atomic E-state index is 12.8. The molecule has 0 saturated heterocycles. The van der Waals surface area contributed by atoms with Gasteiger partial charge in [0, 0.05) is 12.1 Å². The Morgan fingerprint density at radius 3 is 2.67 bits per heavy atom. The molecular formula is C20H26F2N4O4. The fourth-order valence-electron chi connectivity index (χ4n) is 2.51. The highest BCUT2D eigenvalue weighted by Gasteiger charge is 2.15. The summed E-state index contributed by atoms with van der Waals surface area (Å²) in [5, 5.41) is 8.61. The molecule has 164 valence electrons. The number of amides is 1. The van der Waals surface area contributed by atoms with Gasteiger partial charge in [-0.25, -0.2) is 4.99 Å². The van der Waals surface area contributed by atoms with E-state index in [-0.39, 0.29) is 37.0 Å². The molecule has 30 heavy (non-hydrogen) atoms. The van der Waals surface area contributed by atoms with Gasteiger partial charge in [-0.05, 0) is 32.0 Å². The normalized spacial score (nSPS) is 11.3. The summed E-state index contributed by atoms with van der Waals surface area (Å²) in [6, 6.07) is 8.36. The van der Waals surface area contributed by atoms with Crippen molar-refractivity contribution in [3.05, 3.63) is 47.9 Å². The summed E-state index contributed by atoms with van der Waals surface area (Å²) < 4.78 is 40.8. The Balaban J connectivity index is 2.00. The SMILES string of the molecule is CCNC(=NCc1cccc(OCC)c1OC(F)F)NCC(=O)NCc1ccco1. The molecule has 2 aromatic rings. The number of halogens is 2. The first-order chi connectivity index (χ1) is 14.5. The molecule has 3 N–H and O–H groups in total. The highest BCUT2D eigenvalue weighted by atomic mass is 19.3. The lowest BCUT2D eigenvalue weighted by atomic mass is 10.2. The molecule has 0 fully saturated rings. The number of ether oxygens (including phenoxy) is 2. The number of carbonyl (C=O) groups is 1. The van der Waals surface area contributed by atoms with E-state index in [2.05, 4.69) is 25.7 Å². The lowest BCUT2D eigenvalue weighted by Crippen LogP contribution is -2.43. The molecule has 0 spiro atoms. The summed E-state index contributed by atoms with van der Waals surface area (Å²) in [6.45, 7) is 1.80. The van der Waals surface area contributed by atoms with Crippen LogP contribution in [-0.4, -0.2) is 38.2 Å². The predicted molar refractivity (Wildman–Crippen MR) is 108 cm³/mol. The van der Waals surface area contributed by atoms with E-state index in [1.165, 1.54) is 6.26 Å². The molecule has 0 saturated carbocycles. The molecular weight excluding hydrogens is 398 g/mol. The number of aliphatic imine (C=N–C) groups is 1. The minimum absolute atomic E-state index is 0.0219. The molecule has 1 heterocycles. The van der Waals surface area contributed by atoms with Gasteiger partial charge in [-0.3, -0.25) is 4.79 Å². The van der Waals surface area contributed by atoms with Gasteiger partial charge in [0.25, 0.3) is 0 Å². The second-order valence-electron chi connectivity index (χ2n) is 5.96. The Morgan fingerprint density at radius 2 is 2.00 bits per heavy atom. The summed E-state index contributed by atoms with van der Waals surface area (Å²) >= 11 is 0. The van der Waals surface area contributed by atoms with Gasteiger partial charge in [0.1, 0.15) is 5.76 Å².